The Balaban J connectivity index is 1.88. The number of H-pyrrole nitrogens is 1. The maximum atomic E-state index is 12.3. The first kappa shape index (κ1) is 14.7. The number of hydrogen-bond donors (Lipinski definition) is 3. The number of aromatic amines is 1. The number of aromatic nitrogens is 2. The van der Waals surface area contributed by atoms with Crippen LogP contribution in [-0.4, -0.2) is 28.2 Å². The number of aliphatic hydroxyl groups is 1. The number of aliphatic hydroxyl groups excluding tert-OH is 1. The van der Waals surface area contributed by atoms with Crippen LogP contribution in [0.3, 0.4) is 0 Å². The minimum atomic E-state index is -0.00832. The van der Waals surface area contributed by atoms with E-state index < -0.39 is 0 Å². The lowest BCUT2D eigenvalue weighted by atomic mass is 9.89. The second kappa shape index (κ2) is 6.25. The van der Waals surface area contributed by atoms with E-state index in [1.165, 1.54) is 10.4 Å². The molecule has 2 heterocycles. The number of nitrogens with one attached hydrogen (secondary N) is 2. The van der Waals surface area contributed by atoms with E-state index in [2.05, 4.69) is 22.2 Å². The summed E-state index contributed by atoms with van der Waals surface area (Å²) in [6.07, 6.45) is 3.93. The predicted molar refractivity (Wildman–Crippen MR) is 84.8 cm³/mol. The molecule has 21 heavy (non-hydrogen) atoms. The molecule has 1 aliphatic carbocycles. The summed E-state index contributed by atoms with van der Waals surface area (Å²) in [5.41, 5.74) is 1.22. The van der Waals surface area contributed by atoms with E-state index >= 15 is 0 Å². The third-order valence-electron chi connectivity index (χ3n) is 4.02. The molecule has 0 spiro atoms. The Hall–Kier alpha value is -1.24. The van der Waals surface area contributed by atoms with Gasteiger partial charge in [0.25, 0.3) is 5.56 Å². The molecule has 6 heteroatoms. The van der Waals surface area contributed by atoms with Gasteiger partial charge in [-0.05, 0) is 43.7 Å². The molecule has 1 aliphatic rings. The Labute approximate surface area is 127 Å². The third kappa shape index (κ3) is 3.02. The molecule has 3 rings (SSSR count). The fraction of sp³-hybridized carbons (Fsp3) is 0.600. The van der Waals surface area contributed by atoms with Crippen molar-refractivity contribution >= 4 is 21.6 Å². The Bertz CT molecular complexity index is 692. The lowest BCUT2D eigenvalue weighted by molar-refractivity contribution is 0.286. The van der Waals surface area contributed by atoms with Crippen LogP contribution in [0.2, 0.25) is 0 Å². The van der Waals surface area contributed by atoms with Crippen molar-refractivity contribution in [1.82, 2.24) is 15.3 Å². The van der Waals surface area contributed by atoms with Gasteiger partial charge in [0.2, 0.25) is 0 Å². The highest BCUT2D eigenvalue weighted by Gasteiger charge is 2.22. The highest BCUT2D eigenvalue weighted by molar-refractivity contribution is 7.18. The number of aryl methyl sites for hydroxylation is 1. The van der Waals surface area contributed by atoms with Crippen molar-refractivity contribution in [3.8, 4) is 0 Å². The molecule has 3 N–H and O–H groups in total. The molecule has 1 atom stereocenters. The molecule has 2 aromatic heterocycles. The van der Waals surface area contributed by atoms with E-state index in [0.717, 1.165) is 36.0 Å². The van der Waals surface area contributed by atoms with Gasteiger partial charge in [-0.1, -0.05) is 6.92 Å². The smallest absolute Gasteiger partial charge is 0.259 e. The molecule has 0 aromatic carbocycles. The largest absolute Gasteiger partial charge is 0.396 e. The van der Waals surface area contributed by atoms with Gasteiger partial charge >= 0.3 is 0 Å². The fourth-order valence-corrected chi connectivity index (χ4v) is 4.29. The second-order valence-corrected chi connectivity index (χ2v) is 6.88. The van der Waals surface area contributed by atoms with Crippen molar-refractivity contribution in [2.75, 3.05) is 13.2 Å². The van der Waals surface area contributed by atoms with Gasteiger partial charge in [0.15, 0.2) is 0 Å². The van der Waals surface area contributed by atoms with Crippen molar-refractivity contribution < 1.29 is 5.11 Å². The second-order valence-electron chi connectivity index (χ2n) is 5.80. The zero-order chi connectivity index (χ0) is 14.8. The minimum Gasteiger partial charge on any atom is -0.396 e. The average Bonchev–Trinajstić information content (AvgIpc) is 2.81. The van der Waals surface area contributed by atoms with Crippen LogP contribution in [0.15, 0.2) is 4.79 Å². The number of rotatable bonds is 5. The van der Waals surface area contributed by atoms with Crippen LogP contribution in [0.4, 0.5) is 0 Å². The molecule has 0 aliphatic heterocycles. The first-order chi connectivity index (χ1) is 10.2. The Morgan fingerprint density at radius 2 is 2.38 bits per heavy atom. The van der Waals surface area contributed by atoms with Gasteiger partial charge in [-0.25, -0.2) is 4.98 Å². The van der Waals surface area contributed by atoms with Crippen molar-refractivity contribution in [2.24, 2.45) is 5.92 Å². The number of nitrogens with zero attached hydrogens (tertiary/aromatic N) is 1. The van der Waals surface area contributed by atoms with Crippen LogP contribution < -0.4 is 10.9 Å². The van der Waals surface area contributed by atoms with E-state index in [1.807, 2.05) is 0 Å². The van der Waals surface area contributed by atoms with Crippen molar-refractivity contribution in [3.63, 3.8) is 0 Å². The summed E-state index contributed by atoms with van der Waals surface area (Å²) < 4.78 is 0. The van der Waals surface area contributed by atoms with E-state index in [-0.39, 0.29) is 12.2 Å². The lowest BCUT2D eigenvalue weighted by Gasteiger charge is -2.17. The van der Waals surface area contributed by atoms with Gasteiger partial charge in [-0.3, -0.25) is 4.79 Å². The van der Waals surface area contributed by atoms with E-state index in [1.54, 1.807) is 11.3 Å². The van der Waals surface area contributed by atoms with E-state index in [4.69, 9.17) is 5.11 Å². The normalized spacial score (nSPS) is 18.1. The van der Waals surface area contributed by atoms with E-state index in [9.17, 15) is 4.79 Å². The monoisotopic (exact) mass is 307 g/mol. The van der Waals surface area contributed by atoms with Crippen molar-refractivity contribution in [1.29, 1.82) is 0 Å². The van der Waals surface area contributed by atoms with Crippen molar-refractivity contribution in [3.05, 3.63) is 26.6 Å². The molecule has 0 saturated carbocycles. The van der Waals surface area contributed by atoms with Gasteiger partial charge in [-0.15, -0.1) is 11.3 Å². The summed E-state index contributed by atoms with van der Waals surface area (Å²) in [7, 11) is 0. The molecule has 0 saturated heterocycles. The molecular weight excluding hydrogens is 286 g/mol. The minimum absolute atomic E-state index is 0.00832. The Morgan fingerprint density at radius 1 is 1.52 bits per heavy atom. The number of hydrogen-bond acceptors (Lipinski definition) is 5. The lowest BCUT2D eigenvalue weighted by Crippen LogP contribution is -2.21. The molecule has 0 amide bonds. The molecule has 0 fully saturated rings. The zero-order valence-electron chi connectivity index (χ0n) is 12.2. The molecule has 5 nitrogen and oxygen atoms in total. The van der Waals surface area contributed by atoms with Crippen LogP contribution in [0, 0.1) is 5.92 Å². The fourth-order valence-electron chi connectivity index (χ4n) is 2.89. The maximum Gasteiger partial charge on any atom is 0.259 e. The topological polar surface area (TPSA) is 78.0 Å². The first-order valence-corrected chi connectivity index (χ1v) is 8.35. The maximum absolute atomic E-state index is 12.3. The van der Waals surface area contributed by atoms with Gasteiger partial charge in [0.05, 0.1) is 11.9 Å². The first-order valence-electron chi connectivity index (χ1n) is 7.54. The Kier molecular flexibility index (Phi) is 4.37. The van der Waals surface area contributed by atoms with Crippen LogP contribution >= 0.6 is 11.3 Å². The van der Waals surface area contributed by atoms with Crippen LogP contribution in [0.1, 0.15) is 36.0 Å². The summed E-state index contributed by atoms with van der Waals surface area (Å²) in [6.45, 7) is 3.69. The summed E-state index contributed by atoms with van der Waals surface area (Å²) >= 11 is 1.68. The number of thiophene rings is 1. The summed E-state index contributed by atoms with van der Waals surface area (Å²) in [5, 5.41) is 12.7. The van der Waals surface area contributed by atoms with Gasteiger partial charge < -0.3 is 15.4 Å². The summed E-state index contributed by atoms with van der Waals surface area (Å²) in [6, 6.07) is 0. The van der Waals surface area contributed by atoms with Crippen molar-refractivity contribution in [2.45, 2.75) is 39.2 Å². The van der Waals surface area contributed by atoms with E-state index in [0.29, 0.717) is 24.7 Å². The summed E-state index contributed by atoms with van der Waals surface area (Å²) in [5.74, 6) is 1.38. The highest BCUT2D eigenvalue weighted by Crippen LogP contribution is 2.35. The van der Waals surface area contributed by atoms with Gasteiger partial charge in [-0.2, -0.15) is 0 Å². The molecule has 0 bridgehead atoms. The van der Waals surface area contributed by atoms with Gasteiger partial charge in [0.1, 0.15) is 10.7 Å². The van der Waals surface area contributed by atoms with Gasteiger partial charge in [0, 0.05) is 11.5 Å². The quantitative estimate of drug-likeness (QED) is 0.733. The standard InChI is InChI=1S/C15H21N3O2S/c1-9-3-4-10-11(7-9)21-15-13(10)14(20)17-12(18-15)8-16-5-2-6-19/h9,16,19H,2-8H2,1H3,(H,17,18,20). The number of fused-ring (bicyclic) bond motifs is 3. The summed E-state index contributed by atoms with van der Waals surface area (Å²) in [4.78, 5) is 22.0. The molecule has 1 unspecified atom stereocenters. The third-order valence-corrected chi connectivity index (χ3v) is 5.17. The van der Waals surface area contributed by atoms with Crippen LogP contribution in [0.5, 0.6) is 0 Å². The average molecular weight is 307 g/mol. The highest BCUT2D eigenvalue weighted by atomic mass is 32.1. The van der Waals surface area contributed by atoms with Crippen LogP contribution in [-0.2, 0) is 19.4 Å². The molecule has 114 valence electrons. The zero-order valence-corrected chi connectivity index (χ0v) is 13.1. The predicted octanol–water partition coefficient (Wildman–Crippen LogP) is 1.58. The molecule has 0 radical (unpaired) electrons. The SMILES string of the molecule is CC1CCc2c(sc3nc(CNCCCO)[nH]c(=O)c23)C1. The Morgan fingerprint density at radius 3 is 3.19 bits per heavy atom. The van der Waals surface area contributed by atoms with Crippen LogP contribution in [0.25, 0.3) is 10.2 Å². The molecular formula is C15H21N3O2S. The molecule has 2 aromatic rings.